The lowest BCUT2D eigenvalue weighted by atomic mass is 10.0. The minimum absolute atomic E-state index is 0.145. The summed E-state index contributed by atoms with van der Waals surface area (Å²) in [6.07, 6.45) is 0.698. The minimum Gasteiger partial charge on any atom is -0.324 e. The topological polar surface area (TPSA) is 26.0 Å². The predicted octanol–water partition coefficient (Wildman–Crippen LogP) is 2.79. The van der Waals surface area contributed by atoms with Crippen LogP contribution in [0.3, 0.4) is 0 Å². The van der Waals surface area contributed by atoms with Crippen LogP contribution in [0, 0.1) is 5.82 Å². The summed E-state index contributed by atoms with van der Waals surface area (Å²) in [5, 5.41) is 0. The molecule has 2 heteroatoms. The molecule has 0 bridgehead atoms. The van der Waals surface area contributed by atoms with Gasteiger partial charge in [-0.2, -0.15) is 0 Å². The molecule has 1 aromatic rings. The molecule has 0 saturated heterocycles. The highest BCUT2D eigenvalue weighted by Crippen LogP contribution is 2.17. The predicted molar refractivity (Wildman–Crippen MR) is 52.8 cm³/mol. The number of hydrogen-bond acceptors (Lipinski definition) is 1. The van der Waals surface area contributed by atoms with Crippen LogP contribution in [0.25, 0.3) is 0 Å². The van der Waals surface area contributed by atoms with Crippen molar-refractivity contribution in [2.75, 3.05) is 0 Å². The van der Waals surface area contributed by atoms with Crippen LogP contribution in [0.2, 0.25) is 0 Å². The summed E-state index contributed by atoms with van der Waals surface area (Å²) in [5.74, 6) is -0.241. The summed E-state index contributed by atoms with van der Waals surface area (Å²) in [6.45, 7) is 5.69. The Morgan fingerprint density at radius 3 is 2.85 bits per heavy atom. The van der Waals surface area contributed by atoms with Gasteiger partial charge < -0.3 is 5.73 Å². The van der Waals surface area contributed by atoms with Gasteiger partial charge in [-0.15, -0.1) is 6.58 Å². The molecule has 0 heterocycles. The molecule has 1 rings (SSSR count). The van der Waals surface area contributed by atoms with E-state index in [4.69, 9.17) is 5.73 Å². The van der Waals surface area contributed by atoms with Gasteiger partial charge in [0.25, 0.3) is 0 Å². The van der Waals surface area contributed by atoms with E-state index in [0.717, 1.165) is 11.1 Å². The third kappa shape index (κ3) is 2.99. The van der Waals surface area contributed by atoms with Crippen LogP contribution in [-0.2, 0) is 0 Å². The second-order valence-electron chi connectivity index (χ2n) is 3.32. The Balaban J connectivity index is 2.76. The first-order valence-corrected chi connectivity index (χ1v) is 4.25. The monoisotopic (exact) mass is 179 g/mol. The first-order chi connectivity index (χ1) is 6.09. The van der Waals surface area contributed by atoms with Crippen LogP contribution in [0.15, 0.2) is 36.4 Å². The van der Waals surface area contributed by atoms with Crippen LogP contribution in [0.4, 0.5) is 4.39 Å². The molecule has 0 saturated carbocycles. The average molecular weight is 179 g/mol. The van der Waals surface area contributed by atoms with Crippen LogP contribution in [0.5, 0.6) is 0 Å². The zero-order valence-corrected chi connectivity index (χ0v) is 7.76. The second kappa shape index (κ2) is 4.19. The summed E-state index contributed by atoms with van der Waals surface area (Å²) < 4.78 is 12.8. The lowest BCUT2D eigenvalue weighted by Crippen LogP contribution is -2.10. The van der Waals surface area contributed by atoms with E-state index in [9.17, 15) is 4.39 Å². The van der Waals surface area contributed by atoms with Crippen molar-refractivity contribution in [1.29, 1.82) is 0 Å². The van der Waals surface area contributed by atoms with Gasteiger partial charge in [0.1, 0.15) is 5.82 Å². The molecule has 1 aromatic carbocycles. The number of halogens is 1. The van der Waals surface area contributed by atoms with E-state index in [1.54, 1.807) is 6.07 Å². The average Bonchev–Trinajstić information content (AvgIpc) is 2.03. The normalized spacial score (nSPS) is 12.5. The van der Waals surface area contributed by atoms with Gasteiger partial charge in [-0.1, -0.05) is 17.7 Å². The van der Waals surface area contributed by atoms with Crippen molar-refractivity contribution in [2.24, 2.45) is 5.73 Å². The fraction of sp³-hybridized carbons (Fsp3) is 0.273. The van der Waals surface area contributed by atoms with Gasteiger partial charge in [-0.3, -0.25) is 0 Å². The summed E-state index contributed by atoms with van der Waals surface area (Å²) >= 11 is 0. The molecule has 13 heavy (non-hydrogen) atoms. The van der Waals surface area contributed by atoms with Crippen molar-refractivity contribution in [3.05, 3.63) is 47.8 Å². The molecule has 0 fully saturated rings. The Morgan fingerprint density at radius 2 is 2.31 bits per heavy atom. The SMILES string of the molecule is C=C(C)CC(N)c1cccc(F)c1. The first kappa shape index (κ1) is 9.93. The first-order valence-electron chi connectivity index (χ1n) is 4.25. The molecular weight excluding hydrogens is 165 g/mol. The molecule has 0 amide bonds. The molecule has 0 aliphatic rings. The number of benzene rings is 1. The Hall–Kier alpha value is -1.15. The smallest absolute Gasteiger partial charge is 0.123 e. The summed E-state index contributed by atoms with van der Waals surface area (Å²) in [6, 6.07) is 6.23. The maximum atomic E-state index is 12.8. The van der Waals surface area contributed by atoms with Gasteiger partial charge in [-0.25, -0.2) is 4.39 Å². The Bertz CT molecular complexity index is 307. The largest absolute Gasteiger partial charge is 0.324 e. The van der Waals surface area contributed by atoms with Gasteiger partial charge in [0.2, 0.25) is 0 Å². The van der Waals surface area contributed by atoms with Crippen molar-refractivity contribution in [1.82, 2.24) is 0 Å². The van der Waals surface area contributed by atoms with Gasteiger partial charge in [0.05, 0.1) is 0 Å². The molecular formula is C11H14FN. The Morgan fingerprint density at radius 1 is 1.62 bits per heavy atom. The van der Waals surface area contributed by atoms with E-state index in [0.29, 0.717) is 6.42 Å². The van der Waals surface area contributed by atoms with Gasteiger partial charge >= 0.3 is 0 Å². The number of rotatable bonds is 3. The quantitative estimate of drug-likeness (QED) is 0.709. The zero-order valence-electron chi connectivity index (χ0n) is 7.76. The van der Waals surface area contributed by atoms with Gasteiger partial charge in [0.15, 0.2) is 0 Å². The van der Waals surface area contributed by atoms with E-state index in [-0.39, 0.29) is 11.9 Å². The standard InChI is InChI=1S/C11H14FN/c1-8(2)6-11(13)9-4-3-5-10(12)7-9/h3-5,7,11H,1,6,13H2,2H3. The van der Waals surface area contributed by atoms with E-state index in [1.165, 1.54) is 12.1 Å². The summed E-state index contributed by atoms with van der Waals surface area (Å²) in [7, 11) is 0. The van der Waals surface area contributed by atoms with Crippen LogP contribution < -0.4 is 5.73 Å². The lowest BCUT2D eigenvalue weighted by molar-refractivity contribution is 0.618. The number of hydrogen-bond donors (Lipinski definition) is 1. The number of nitrogens with two attached hydrogens (primary N) is 1. The van der Waals surface area contributed by atoms with E-state index >= 15 is 0 Å². The van der Waals surface area contributed by atoms with E-state index in [2.05, 4.69) is 6.58 Å². The summed E-state index contributed by atoms with van der Waals surface area (Å²) in [4.78, 5) is 0. The van der Waals surface area contributed by atoms with Gasteiger partial charge in [0, 0.05) is 6.04 Å². The highest BCUT2D eigenvalue weighted by Gasteiger charge is 2.06. The third-order valence-corrected chi connectivity index (χ3v) is 1.85. The third-order valence-electron chi connectivity index (χ3n) is 1.85. The van der Waals surface area contributed by atoms with Gasteiger partial charge in [-0.05, 0) is 31.0 Å². The molecule has 1 unspecified atom stereocenters. The molecule has 0 radical (unpaired) electrons. The maximum absolute atomic E-state index is 12.8. The highest BCUT2D eigenvalue weighted by molar-refractivity contribution is 5.21. The minimum atomic E-state index is -0.241. The van der Waals surface area contributed by atoms with Crippen LogP contribution in [-0.4, -0.2) is 0 Å². The molecule has 1 nitrogen and oxygen atoms in total. The van der Waals surface area contributed by atoms with Crippen molar-refractivity contribution in [3.8, 4) is 0 Å². The van der Waals surface area contributed by atoms with Crippen molar-refractivity contribution >= 4 is 0 Å². The molecule has 0 aliphatic heterocycles. The maximum Gasteiger partial charge on any atom is 0.123 e. The molecule has 0 spiro atoms. The molecule has 1 atom stereocenters. The summed E-state index contributed by atoms with van der Waals surface area (Å²) in [5.41, 5.74) is 7.67. The lowest BCUT2D eigenvalue weighted by Gasteiger charge is -2.11. The van der Waals surface area contributed by atoms with Crippen molar-refractivity contribution in [3.63, 3.8) is 0 Å². The molecule has 70 valence electrons. The van der Waals surface area contributed by atoms with Crippen LogP contribution >= 0.6 is 0 Å². The zero-order chi connectivity index (χ0) is 9.84. The molecule has 0 aromatic heterocycles. The Kier molecular flexibility index (Phi) is 3.20. The van der Waals surface area contributed by atoms with Crippen LogP contribution in [0.1, 0.15) is 24.9 Å². The van der Waals surface area contributed by atoms with E-state index < -0.39 is 0 Å². The molecule has 2 N–H and O–H groups in total. The fourth-order valence-electron chi connectivity index (χ4n) is 1.23. The van der Waals surface area contributed by atoms with E-state index in [1.807, 2.05) is 13.0 Å². The highest BCUT2D eigenvalue weighted by atomic mass is 19.1. The molecule has 0 aliphatic carbocycles. The van der Waals surface area contributed by atoms with Crippen molar-refractivity contribution < 1.29 is 4.39 Å². The fourth-order valence-corrected chi connectivity index (χ4v) is 1.23. The Labute approximate surface area is 78.1 Å². The second-order valence-corrected chi connectivity index (χ2v) is 3.32. The van der Waals surface area contributed by atoms with Crippen molar-refractivity contribution in [2.45, 2.75) is 19.4 Å².